The Bertz CT molecular complexity index is 1020. The monoisotopic (exact) mass is 456 g/mol. The van der Waals surface area contributed by atoms with Gasteiger partial charge >= 0.3 is 6.18 Å². The summed E-state index contributed by atoms with van der Waals surface area (Å²) in [6, 6.07) is 14.9. The molecule has 0 bridgehead atoms. The normalized spacial score (nSPS) is 22.2. The van der Waals surface area contributed by atoms with E-state index >= 15 is 0 Å². The molecule has 1 heterocycles. The highest BCUT2D eigenvalue weighted by atomic mass is 19.4. The van der Waals surface area contributed by atoms with Crippen molar-refractivity contribution in [3.63, 3.8) is 0 Å². The SMILES string of the molecule is O=C(NC(c1ccccc1)c1ccc(C2=CCCCC2)cc1)C1CCC(C(F)(F)F)NC1=O. The van der Waals surface area contributed by atoms with Gasteiger partial charge in [-0.25, -0.2) is 0 Å². The van der Waals surface area contributed by atoms with E-state index in [1.807, 2.05) is 59.9 Å². The second-order valence-corrected chi connectivity index (χ2v) is 8.68. The molecular weight excluding hydrogens is 429 g/mol. The van der Waals surface area contributed by atoms with Gasteiger partial charge in [0.05, 0.1) is 6.04 Å². The molecule has 2 aromatic rings. The van der Waals surface area contributed by atoms with Gasteiger partial charge in [0.15, 0.2) is 0 Å². The van der Waals surface area contributed by atoms with Crippen molar-refractivity contribution in [1.82, 2.24) is 10.6 Å². The molecule has 4 nitrogen and oxygen atoms in total. The Morgan fingerprint density at radius 1 is 0.970 bits per heavy atom. The van der Waals surface area contributed by atoms with Crippen molar-refractivity contribution in [3.05, 3.63) is 77.4 Å². The molecule has 33 heavy (non-hydrogen) atoms. The number of allylic oxidation sites excluding steroid dienone is 2. The Kier molecular flexibility index (Phi) is 6.86. The molecule has 4 rings (SSSR count). The maximum atomic E-state index is 13.0. The van der Waals surface area contributed by atoms with Crippen molar-refractivity contribution in [2.24, 2.45) is 5.92 Å². The van der Waals surface area contributed by atoms with E-state index in [4.69, 9.17) is 0 Å². The molecule has 0 saturated carbocycles. The van der Waals surface area contributed by atoms with Crippen LogP contribution in [0.1, 0.15) is 61.3 Å². The van der Waals surface area contributed by atoms with Crippen LogP contribution in [0.2, 0.25) is 0 Å². The predicted molar refractivity (Wildman–Crippen MR) is 120 cm³/mol. The van der Waals surface area contributed by atoms with Gasteiger partial charge in [-0.3, -0.25) is 9.59 Å². The summed E-state index contributed by atoms with van der Waals surface area (Å²) in [6.45, 7) is 0. The fraction of sp³-hybridized carbons (Fsp3) is 0.385. The molecule has 0 aromatic heterocycles. The largest absolute Gasteiger partial charge is 0.408 e. The van der Waals surface area contributed by atoms with Crippen molar-refractivity contribution in [2.75, 3.05) is 0 Å². The first-order valence-electron chi connectivity index (χ1n) is 11.3. The molecule has 1 saturated heterocycles. The van der Waals surface area contributed by atoms with Crippen LogP contribution in [0.15, 0.2) is 60.7 Å². The van der Waals surface area contributed by atoms with Crippen LogP contribution in [0.4, 0.5) is 13.2 Å². The van der Waals surface area contributed by atoms with E-state index in [1.54, 1.807) is 0 Å². The topological polar surface area (TPSA) is 58.2 Å². The number of hydrogen-bond acceptors (Lipinski definition) is 2. The van der Waals surface area contributed by atoms with Gasteiger partial charge in [-0.2, -0.15) is 13.2 Å². The van der Waals surface area contributed by atoms with E-state index in [1.165, 1.54) is 18.4 Å². The minimum Gasteiger partial charge on any atom is -0.344 e. The standard InChI is InChI=1S/C26H27F3N2O2/c27-26(28,29)22-16-15-21(24(32)30-22)25(33)31-23(19-9-5-2-6-10-19)20-13-11-18(12-14-20)17-7-3-1-4-8-17/h2,5-7,9-14,21-23H,1,3-4,8,15-16H2,(H,30,32)(H,31,33). The van der Waals surface area contributed by atoms with Crippen LogP contribution < -0.4 is 10.6 Å². The molecule has 1 aliphatic heterocycles. The lowest BCUT2D eigenvalue weighted by molar-refractivity contribution is -0.171. The Morgan fingerprint density at radius 2 is 1.67 bits per heavy atom. The molecule has 7 heteroatoms. The number of piperidine rings is 1. The van der Waals surface area contributed by atoms with Crippen LogP contribution in [-0.2, 0) is 9.59 Å². The van der Waals surface area contributed by atoms with Gasteiger partial charge in [-0.1, -0.05) is 60.7 Å². The highest BCUT2D eigenvalue weighted by Gasteiger charge is 2.46. The lowest BCUT2D eigenvalue weighted by Gasteiger charge is -2.31. The number of carbonyl (C=O) groups excluding carboxylic acids is 2. The van der Waals surface area contributed by atoms with Gasteiger partial charge in [0.25, 0.3) is 0 Å². The van der Waals surface area contributed by atoms with Gasteiger partial charge in [-0.05, 0) is 60.8 Å². The van der Waals surface area contributed by atoms with Crippen LogP contribution >= 0.6 is 0 Å². The minimum absolute atomic E-state index is 0.142. The fourth-order valence-electron chi connectivity index (χ4n) is 4.54. The Labute approximate surface area is 191 Å². The van der Waals surface area contributed by atoms with Crippen LogP contribution in [0.25, 0.3) is 5.57 Å². The lowest BCUT2D eigenvalue weighted by atomic mass is 9.90. The number of rotatable bonds is 5. The number of benzene rings is 2. The number of alkyl halides is 3. The average Bonchev–Trinajstić information content (AvgIpc) is 2.83. The summed E-state index contributed by atoms with van der Waals surface area (Å²) < 4.78 is 38.8. The fourth-order valence-corrected chi connectivity index (χ4v) is 4.54. The third kappa shape index (κ3) is 5.46. The third-order valence-electron chi connectivity index (χ3n) is 6.41. The highest BCUT2D eigenvalue weighted by molar-refractivity contribution is 6.01. The van der Waals surface area contributed by atoms with Gasteiger partial charge in [0, 0.05) is 0 Å². The molecule has 1 aliphatic carbocycles. The first kappa shape index (κ1) is 23.1. The number of nitrogens with one attached hydrogen (secondary N) is 2. The maximum absolute atomic E-state index is 13.0. The zero-order chi connectivity index (χ0) is 23.4. The third-order valence-corrected chi connectivity index (χ3v) is 6.41. The van der Waals surface area contributed by atoms with Gasteiger partial charge < -0.3 is 10.6 Å². The second kappa shape index (κ2) is 9.81. The molecule has 174 valence electrons. The van der Waals surface area contributed by atoms with Crippen molar-refractivity contribution < 1.29 is 22.8 Å². The highest BCUT2D eigenvalue weighted by Crippen LogP contribution is 2.31. The molecule has 2 amide bonds. The summed E-state index contributed by atoms with van der Waals surface area (Å²) in [5.74, 6) is -2.60. The molecule has 2 N–H and O–H groups in total. The number of carbonyl (C=O) groups is 2. The molecular formula is C26H27F3N2O2. The Morgan fingerprint density at radius 3 is 2.27 bits per heavy atom. The summed E-state index contributed by atoms with van der Waals surface area (Å²) in [6.07, 6.45) is 1.82. The molecule has 3 unspecified atom stereocenters. The molecule has 0 radical (unpaired) electrons. The van der Waals surface area contributed by atoms with Gasteiger partial charge in [0.2, 0.25) is 11.8 Å². The smallest absolute Gasteiger partial charge is 0.344 e. The van der Waals surface area contributed by atoms with E-state index in [-0.39, 0.29) is 12.8 Å². The van der Waals surface area contributed by atoms with Crippen LogP contribution in [0.3, 0.4) is 0 Å². The van der Waals surface area contributed by atoms with E-state index in [0.717, 1.165) is 29.5 Å². The number of hydrogen-bond donors (Lipinski definition) is 2. The van der Waals surface area contributed by atoms with Crippen molar-refractivity contribution in [2.45, 2.75) is 56.8 Å². The number of halogens is 3. The molecule has 2 aliphatic rings. The Balaban J connectivity index is 1.53. The van der Waals surface area contributed by atoms with Crippen molar-refractivity contribution >= 4 is 17.4 Å². The van der Waals surface area contributed by atoms with E-state index in [2.05, 4.69) is 11.4 Å². The molecule has 1 fully saturated rings. The van der Waals surface area contributed by atoms with E-state index in [9.17, 15) is 22.8 Å². The summed E-state index contributed by atoms with van der Waals surface area (Å²) in [7, 11) is 0. The second-order valence-electron chi connectivity index (χ2n) is 8.68. The summed E-state index contributed by atoms with van der Waals surface area (Å²) >= 11 is 0. The van der Waals surface area contributed by atoms with E-state index < -0.39 is 36.0 Å². The van der Waals surface area contributed by atoms with Gasteiger partial charge in [0.1, 0.15) is 12.0 Å². The van der Waals surface area contributed by atoms with Crippen molar-refractivity contribution in [3.8, 4) is 0 Å². The maximum Gasteiger partial charge on any atom is 0.408 e. The van der Waals surface area contributed by atoms with Crippen LogP contribution in [0.5, 0.6) is 0 Å². The van der Waals surface area contributed by atoms with Crippen LogP contribution in [-0.4, -0.2) is 24.0 Å². The predicted octanol–water partition coefficient (Wildman–Crippen LogP) is 5.31. The quantitative estimate of drug-likeness (QED) is 0.600. The van der Waals surface area contributed by atoms with E-state index in [0.29, 0.717) is 0 Å². The zero-order valence-electron chi connectivity index (χ0n) is 18.2. The summed E-state index contributed by atoms with van der Waals surface area (Å²) in [5, 5.41) is 4.86. The van der Waals surface area contributed by atoms with Gasteiger partial charge in [-0.15, -0.1) is 0 Å². The van der Waals surface area contributed by atoms with Crippen molar-refractivity contribution in [1.29, 1.82) is 0 Å². The molecule has 2 aromatic carbocycles. The first-order valence-corrected chi connectivity index (χ1v) is 11.3. The summed E-state index contributed by atoms with van der Waals surface area (Å²) in [4.78, 5) is 25.3. The number of amides is 2. The van der Waals surface area contributed by atoms with Crippen LogP contribution in [0, 0.1) is 5.92 Å². The summed E-state index contributed by atoms with van der Waals surface area (Å²) in [5.41, 5.74) is 4.16. The molecule has 3 atom stereocenters. The molecule has 0 spiro atoms. The lowest BCUT2D eigenvalue weighted by Crippen LogP contribution is -2.54. The first-order chi connectivity index (χ1) is 15.8. The average molecular weight is 457 g/mol. The minimum atomic E-state index is -4.51. The Hall–Kier alpha value is -3.09. The zero-order valence-corrected chi connectivity index (χ0v) is 18.2.